The topological polar surface area (TPSA) is 40.5 Å². The monoisotopic (exact) mass is 264 g/mol. The van der Waals surface area contributed by atoms with Crippen LogP contribution in [0.1, 0.15) is 0 Å². The Kier molecular flexibility index (Phi) is 3.98. The zero-order valence-electron chi connectivity index (χ0n) is 7.10. The molecule has 0 bridgehead atoms. The molecule has 76 valence electrons. The van der Waals surface area contributed by atoms with Crippen LogP contribution in [0, 0.1) is 0 Å². The molecule has 2 nitrogen and oxygen atoms in total. The van der Waals surface area contributed by atoms with Crippen LogP contribution in [0.4, 0.5) is 0 Å². The summed E-state index contributed by atoms with van der Waals surface area (Å²) in [7, 11) is 0. The molecule has 0 aromatic carbocycles. The summed E-state index contributed by atoms with van der Waals surface area (Å²) >= 11 is 6.53. The van der Waals surface area contributed by atoms with E-state index in [0.717, 1.165) is 9.81 Å². The van der Waals surface area contributed by atoms with Gasteiger partial charge in [0.1, 0.15) is 0 Å². The Labute approximate surface area is 99.3 Å². The fraction of sp³-hybridized carbons (Fsp3) is 0.250. The van der Waals surface area contributed by atoms with Crippen LogP contribution < -0.4 is 0 Å². The summed E-state index contributed by atoms with van der Waals surface area (Å²) in [6.07, 6.45) is 0. The van der Waals surface area contributed by atoms with Crippen LogP contribution in [0.25, 0.3) is 0 Å². The highest BCUT2D eigenvalue weighted by atomic mass is 32.2. The van der Waals surface area contributed by atoms with Gasteiger partial charge in [0.2, 0.25) is 0 Å². The van der Waals surface area contributed by atoms with E-state index in [-0.39, 0.29) is 13.2 Å². The molecule has 2 rings (SSSR count). The summed E-state index contributed by atoms with van der Waals surface area (Å²) in [5.41, 5.74) is 0. The number of thioether (sulfide) groups is 4. The van der Waals surface area contributed by atoms with Crippen molar-refractivity contribution in [1.82, 2.24) is 0 Å². The molecule has 0 aliphatic carbocycles. The van der Waals surface area contributed by atoms with Gasteiger partial charge in [0.05, 0.1) is 21.7 Å². The van der Waals surface area contributed by atoms with Gasteiger partial charge in [-0.15, -0.1) is 0 Å². The molecule has 2 aliphatic rings. The van der Waals surface area contributed by atoms with E-state index in [0.29, 0.717) is 0 Å². The minimum atomic E-state index is 0.115. The Morgan fingerprint density at radius 3 is 1.57 bits per heavy atom. The minimum absolute atomic E-state index is 0.115. The SMILES string of the molecule is OCC1=CS/C(=C2/SC=C(CO)S2)S1. The Bertz CT molecular complexity index is 300. The number of hydrogen-bond donors (Lipinski definition) is 2. The summed E-state index contributed by atoms with van der Waals surface area (Å²) in [4.78, 5) is 1.99. The van der Waals surface area contributed by atoms with E-state index in [4.69, 9.17) is 10.2 Å². The normalized spacial score (nSPS) is 26.7. The smallest absolute Gasteiger partial charge is 0.0749 e. The van der Waals surface area contributed by atoms with Crippen molar-refractivity contribution in [2.45, 2.75) is 0 Å². The lowest BCUT2D eigenvalue weighted by atomic mass is 10.7. The zero-order chi connectivity index (χ0) is 9.97. The van der Waals surface area contributed by atoms with Crippen LogP contribution in [0.15, 0.2) is 29.1 Å². The van der Waals surface area contributed by atoms with Gasteiger partial charge < -0.3 is 10.2 Å². The second kappa shape index (κ2) is 5.05. The summed E-state index contributed by atoms with van der Waals surface area (Å²) in [6.45, 7) is 0.230. The Morgan fingerprint density at radius 1 is 0.857 bits per heavy atom. The molecule has 6 heteroatoms. The molecule has 2 heterocycles. The predicted octanol–water partition coefficient (Wildman–Crippen LogP) is 2.74. The molecule has 0 saturated heterocycles. The first-order valence-corrected chi connectivity index (χ1v) is 7.26. The van der Waals surface area contributed by atoms with E-state index in [1.165, 1.54) is 8.47 Å². The molecule has 0 atom stereocenters. The summed E-state index contributed by atoms with van der Waals surface area (Å²) in [5, 5.41) is 21.8. The maximum Gasteiger partial charge on any atom is 0.0749 e. The molecule has 2 aliphatic heterocycles. The number of hydrogen-bond acceptors (Lipinski definition) is 6. The van der Waals surface area contributed by atoms with Gasteiger partial charge in [0.25, 0.3) is 0 Å². The van der Waals surface area contributed by atoms with Crippen LogP contribution in [0.3, 0.4) is 0 Å². The van der Waals surface area contributed by atoms with Crippen molar-refractivity contribution in [3.05, 3.63) is 29.1 Å². The van der Waals surface area contributed by atoms with E-state index >= 15 is 0 Å². The molecular weight excluding hydrogens is 256 g/mol. The molecular formula is C8H8O2S4. The van der Waals surface area contributed by atoms with Crippen molar-refractivity contribution in [1.29, 1.82) is 0 Å². The standard InChI is InChI=1S/C8H8O2S4/c9-1-5-3-11-7(13-5)8-12-4-6(2-10)14-8/h3-4,9-10H,1-2H2/b8-7+. The fourth-order valence-electron chi connectivity index (χ4n) is 0.891. The van der Waals surface area contributed by atoms with E-state index in [9.17, 15) is 0 Å². The third kappa shape index (κ3) is 2.37. The Balaban J connectivity index is 2.01. The van der Waals surface area contributed by atoms with E-state index in [2.05, 4.69) is 0 Å². The molecule has 0 radical (unpaired) electrons. The Hall–Kier alpha value is 0.540. The fourth-order valence-corrected chi connectivity index (χ4v) is 5.55. The zero-order valence-corrected chi connectivity index (χ0v) is 10.4. The van der Waals surface area contributed by atoms with E-state index in [1.807, 2.05) is 10.8 Å². The van der Waals surface area contributed by atoms with Crippen LogP contribution in [0.5, 0.6) is 0 Å². The average Bonchev–Trinajstić information content (AvgIpc) is 2.86. The first kappa shape index (κ1) is 11.0. The first-order chi connectivity index (χ1) is 6.83. The molecule has 0 saturated carbocycles. The molecule has 14 heavy (non-hydrogen) atoms. The van der Waals surface area contributed by atoms with Gasteiger partial charge in [-0.05, 0) is 10.8 Å². The lowest BCUT2D eigenvalue weighted by molar-refractivity contribution is 0.339. The average molecular weight is 264 g/mol. The molecule has 0 amide bonds. The maximum atomic E-state index is 8.93. The van der Waals surface area contributed by atoms with Gasteiger partial charge in [-0.1, -0.05) is 47.0 Å². The first-order valence-electron chi connectivity index (χ1n) is 3.86. The molecule has 0 aromatic heterocycles. The predicted molar refractivity (Wildman–Crippen MR) is 67.7 cm³/mol. The van der Waals surface area contributed by atoms with Gasteiger partial charge in [-0.3, -0.25) is 0 Å². The largest absolute Gasteiger partial charge is 0.391 e. The third-order valence-electron chi connectivity index (χ3n) is 1.52. The lowest BCUT2D eigenvalue weighted by Crippen LogP contribution is -1.80. The summed E-state index contributed by atoms with van der Waals surface area (Å²) < 4.78 is 2.42. The van der Waals surface area contributed by atoms with Crippen molar-refractivity contribution >= 4 is 47.0 Å². The number of aliphatic hydroxyl groups excluding tert-OH is 2. The molecule has 0 unspecified atom stereocenters. The van der Waals surface area contributed by atoms with Gasteiger partial charge in [-0.2, -0.15) is 0 Å². The summed E-state index contributed by atoms with van der Waals surface area (Å²) in [5.74, 6) is 0. The van der Waals surface area contributed by atoms with Crippen molar-refractivity contribution in [2.75, 3.05) is 13.2 Å². The minimum Gasteiger partial charge on any atom is -0.391 e. The third-order valence-corrected chi connectivity index (χ3v) is 6.85. The second-order valence-corrected chi connectivity index (χ2v) is 7.05. The van der Waals surface area contributed by atoms with Crippen molar-refractivity contribution < 1.29 is 10.2 Å². The molecule has 0 spiro atoms. The molecule has 0 aromatic rings. The van der Waals surface area contributed by atoms with Gasteiger partial charge in [0, 0.05) is 9.81 Å². The number of rotatable bonds is 2. The van der Waals surface area contributed by atoms with Crippen LogP contribution in [-0.2, 0) is 0 Å². The number of aliphatic hydroxyl groups is 2. The lowest BCUT2D eigenvalue weighted by Gasteiger charge is -2.01. The molecule has 2 N–H and O–H groups in total. The highest BCUT2D eigenvalue weighted by Crippen LogP contribution is 2.54. The Morgan fingerprint density at radius 2 is 1.29 bits per heavy atom. The van der Waals surface area contributed by atoms with Crippen molar-refractivity contribution in [3.8, 4) is 0 Å². The van der Waals surface area contributed by atoms with Gasteiger partial charge in [0.15, 0.2) is 0 Å². The van der Waals surface area contributed by atoms with Crippen molar-refractivity contribution in [2.24, 2.45) is 0 Å². The van der Waals surface area contributed by atoms with Crippen LogP contribution in [-0.4, -0.2) is 23.4 Å². The van der Waals surface area contributed by atoms with Crippen LogP contribution >= 0.6 is 47.0 Å². The van der Waals surface area contributed by atoms with Gasteiger partial charge >= 0.3 is 0 Å². The van der Waals surface area contributed by atoms with E-state index < -0.39 is 0 Å². The highest BCUT2D eigenvalue weighted by molar-refractivity contribution is 8.33. The highest BCUT2D eigenvalue weighted by Gasteiger charge is 2.20. The quantitative estimate of drug-likeness (QED) is 0.799. The van der Waals surface area contributed by atoms with Crippen LogP contribution in [0.2, 0.25) is 0 Å². The summed E-state index contributed by atoms with van der Waals surface area (Å²) in [6, 6.07) is 0. The molecule has 0 fully saturated rings. The maximum absolute atomic E-state index is 8.93. The van der Waals surface area contributed by atoms with Gasteiger partial charge in [-0.25, -0.2) is 0 Å². The second-order valence-electron chi connectivity index (χ2n) is 2.50. The van der Waals surface area contributed by atoms with E-state index in [1.54, 1.807) is 47.0 Å². The van der Waals surface area contributed by atoms with Crippen molar-refractivity contribution in [3.63, 3.8) is 0 Å².